The van der Waals surface area contributed by atoms with Crippen molar-refractivity contribution >= 4 is 17.3 Å². The zero-order valence-electron chi connectivity index (χ0n) is 12.2. The Morgan fingerprint density at radius 1 is 1.37 bits per heavy atom. The second kappa shape index (κ2) is 6.62. The monoisotopic (exact) mass is 280 g/mol. The third-order valence-electron chi connectivity index (χ3n) is 4.02. The Bertz CT molecular complexity index is 419. The molecule has 1 saturated heterocycles. The molecule has 1 aromatic rings. The summed E-state index contributed by atoms with van der Waals surface area (Å²) in [7, 11) is 0. The van der Waals surface area contributed by atoms with Crippen LogP contribution in [0.5, 0.6) is 0 Å². The van der Waals surface area contributed by atoms with Crippen molar-refractivity contribution in [2.75, 3.05) is 18.0 Å². The lowest BCUT2D eigenvalue weighted by molar-refractivity contribution is 0.369. The third-order valence-corrected chi connectivity index (χ3v) is 4.34. The SMILES string of the molecule is CCCC1CN(c2cc(C)ccc2Cl)C(CC)CN1. The average Bonchev–Trinajstić information content (AvgIpc) is 2.42. The van der Waals surface area contributed by atoms with E-state index in [-0.39, 0.29) is 0 Å². The van der Waals surface area contributed by atoms with E-state index in [1.807, 2.05) is 6.07 Å². The molecule has 19 heavy (non-hydrogen) atoms. The van der Waals surface area contributed by atoms with E-state index >= 15 is 0 Å². The summed E-state index contributed by atoms with van der Waals surface area (Å²) in [5.41, 5.74) is 2.48. The van der Waals surface area contributed by atoms with Crippen LogP contribution >= 0.6 is 11.6 Å². The Morgan fingerprint density at radius 2 is 2.16 bits per heavy atom. The molecule has 2 nitrogen and oxygen atoms in total. The third kappa shape index (κ3) is 3.43. The molecule has 0 aliphatic carbocycles. The molecule has 1 fully saturated rings. The van der Waals surface area contributed by atoms with Crippen LogP contribution in [-0.4, -0.2) is 25.2 Å². The summed E-state index contributed by atoms with van der Waals surface area (Å²) < 4.78 is 0. The highest BCUT2D eigenvalue weighted by Crippen LogP contribution is 2.30. The minimum absolute atomic E-state index is 0.549. The van der Waals surface area contributed by atoms with Crippen molar-refractivity contribution < 1.29 is 0 Å². The van der Waals surface area contributed by atoms with Crippen LogP contribution in [-0.2, 0) is 0 Å². The topological polar surface area (TPSA) is 15.3 Å². The average molecular weight is 281 g/mol. The maximum atomic E-state index is 6.41. The van der Waals surface area contributed by atoms with Gasteiger partial charge in [-0.15, -0.1) is 0 Å². The summed E-state index contributed by atoms with van der Waals surface area (Å²) in [5.74, 6) is 0. The first-order chi connectivity index (χ1) is 9.15. The van der Waals surface area contributed by atoms with Crippen molar-refractivity contribution in [1.29, 1.82) is 0 Å². The van der Waals surface area contributed by atoms with Crippen molar-refractivity contribution in [3.8, 4) is 0 Å². The van der Waals surface area contributed by atoms with E-state index in [0.717, 1.165) is 24.5 Å². The minimum Gasteiger partial charge on any atom is -0.365 e. The fourth-order valence-electron chi connectivity index (χ4n) is 2.91. The molecule has 1 aromatic carbocycles. The Balaban J connectivity index is 2.24. The number of aryl methyl sites for hydroxylation is 1. The summed E-state index contributed by atoms with van der Waals surface area (Å²) in [6.07, 6.45) is 3.61. The summed E-state index contributed by atoms with van der Waals surface area (Å²) in [6, 6.07) is 7.46. The number of benzene rings is 1. The molecule has 2 rings (SSSR count). The predicted molar refractivity (Wildman–Crippen MR) is 84.3 cm³/mol. The molecule has 2 unspecified atom stereocenters. The van der Waals surface area contributed by atoms with Crippen LogP contribution in [0, 0.1) is 6.92 Å². The molecule has 1 aliphatic heterocycles. The van der Waals surface area contributed by atoms with Crippen LogP contribution in [0.15, 0.2) is 18.2 Å². The van der Waals surface area contributed by atoms with Crippen LogP contribution in [0.2, 0.25) is 5.02 Å². The largest absolute Gasteiger partial charge is 0.365 e. The first-order valence-corrected chi connectivity index (χ1v) is 7.79. The number of nitrogens with one attached hydrogen (secondary N) is 1. The molecular weight excluding hydrogens is 256 g/mol. The van der Waals surface area contributed by atoms with Crippen LogP contribution in [0.25, 0.3) is 0 Å². The van der Waals surface area contributed by atoms with E-state index in [9.17, 15) is 0 Å². The van der Waals surface area contributed by atoms with Gasteiger partial charge in [0.1, 0.15) is 0 Å². The van der Waals surface area contributed by atoms with Gasteiger partial charge in [-0.1, -0.05) is 37.9 Å². The highest BCUT2D eigenvalue weighted by atomic mass is 35.5. The fourth-order valence-corrected chi connectivity index (χ4v) is 3.13. The van der Waals surface area contributed by atoms with E-state index in [4.69, 9.17) is 11.6 Å². The summed E-state index contributed by atoms with van der Waals surface area (Å²) in [6.45, 7) is 8.76. The highest BCUT2D eigenvalue weighted by Gasteiger charge is 2.27. The van der Waals surface area contributed by atoms with Crippen molar-refractivity contribution in [3.63, 3.8) is 0 Å². The van der Waals surface area contributed by atoms with Gasteiger partial charge in [-0.25, -0.2) is 0 Å². The molecule has 2 atom stereocenters. The maximum absolute atomic E-state index is 6.41. The highest BCUT2D eigenvalue weighted by molar-refractivity contribution is 6.33. The van der Waals surface area contributed by atoms with Crippen LogP contribution < -0.4 is 10.2 Å². The van der Waals surface area contributed by atoms with Crippen molar-refractivity contribution in [1.82, 2.24) is 5.32 Å². The van der Waals surface area contributed by atoms with Crippen molar-refractivity contribution in [3.05, 3.63) is 28.8 Å². The summed E-state index contributed by atoms with van der Waals surface area (Å²) in [5, 5.41) is 4.55. The lowest BCUT2D eigenvalue weighted by atomic mass is 10.0. The van der Waals surface area contributed by atoms with Gasteiger partial charge in [-0.05, 0) is 37.5 Å². The Labute approximate surface area is 122 Å². The summed E-state index contributed by atoms with van der Waals surface area (Å²) in [4.78, 5) is 2.51. The van der Waals surface area contributed by atoms with E-state index in [1.54, 1.807) is 0 Å². The van der Waals surface area contributed by atoms with E-state index in [0.29, 0.717) is 12.1 Å². The molecule has 0 spiro atoms. The number of nitrogens with zero attached hydrogens (tertiary/aromatic N) is 1. The standard InChI is InChI=1S/C16H25ClN2/c1-4-6-13-11-19(14(5-2)10-18-13)16-9-12(3)7-8-15(16)17/h7-9,13-14,18H,4-6,10-11H2,1-3H3. The first kappa shape index (κ1) is 14.7. The summed E-state index contributed by atoms with van der Waals surface area (Å²) >= 11 is 6.41. The number of hydrogen-bond donors (Lipinski definition) is 1. The van der Waals surface area contributed by atoms with Crippen molar-refractivity contribution in [2.24, 2.45) is 0 Å². The molecule has 0 radical (unpaired) electrons. The second-order valence-corrected chi connectivity index (χ2v) is 5.97. The van der Waals surface area contributed by atoms with E-state index in [1.165, 1.54) is 24.1 Å². The molecule has 0 bridgehead atoms. The van der Waals surface area contributed by atoms with E-state index in [2.05, 4.69) is 43.1 Å². The number of hydrogen-bond acceptors (Lipinski definition) is 2. The zero-order valence-corrected chi connectivity index (χ0v) is 13.0. The van der Waals surface area contributed by atoms with Crippen molar-refractivity contribution in [2.45, 2.75) is 52.1 Å². The van der Waals surface area contributed by atoms with Gasteiger partial charge in [0.2, 0.25) is 0 Å². The molecule has 1 heterocycles. The first-order valence-electron chi connectivity index (χ1n) is 7.41. The van der Waals surface area contributed by atoms with Gasteiger partial charge < -0.3 is 10.2 Å². The quantitative estimate of drug-likeness (QED) is 0.897. The molecule has 0 amide bonds. The molecule has 0 aromatic heterocycles. The smallest absolute Gasteiger partial charge is 0.0639 e. The number of rotatable bonds is 4. The van der Waals surface area contributed by atoms with Gasteiger partial charge in [-0.2, -0.15) is 0 Å². The van der Waals surface area contributed by atoms with Gasteiger partial charge >= 0.3 is 0 Å². The number of halogens is 1. The molecular formula is C16H25ClN2. The molecule has 3 heteroatoms. The van der Waals surface area contributed by atoms with Gasteiger partial charge in [0.05, 0.1) is 10.7 Å². The van der Waals surface area contributed by atoms with Gasteiger partial charge in [0.15, 0.2) is 0 Å². The molecule has 106 valence electrons. The lowest BCUT2D eigenvalue weighted by Gasteiger charge is -2.42. The predicted octanol–water partition coefficient (Wildman–Crippen LogP) is 4.01. The Kier molecular flexibility index (Phi) is 5.12. The van der Waals surface area contributed by atoms with Crippen LogP contribution in [0.1, 0.15) is 38.7 Å². The second-order valence-electron chi connectivity index (χ2n) is 5.56. The van der Waals surface area contributed by atoms with Gasteiger partial charge in [-0.3, -0.25) is 0 Å². The number of piperazine rings is 1. The fraction of sp³-hybridized carbons (Fsp3) is 0.625. The Morgan fingerprint density at radius 3 is 2.84 bits per heavy atom. The normalized spacial score (nSPS) is 23.7. The molecule has 0 saturated carbocycles. The zero-order chi connectivity index (χ0) is 13.8. The molecule has 1 aliphatic rings. The van der Waals surface area contributed by atoms with E-state index < -0.39 is 0 Å². The van der Waals surface area contributed by atoms with Crippen LogP contribution in [0.4, 0.5) is 5.69 Å². The Hall–Kier alpha value is -0.730. The van der Waals surface area contributed by atoms with Gasteiger partial charge in [0.25, 0.3) is 0 Å². The maximum Gasteiger partial charge on any atom is 0.0639 e. The lowest BCUT2D eigenvalue weighted by Crippen LogP contribution is -2.56. The minimum atomic E-state index is 0.549. The van der Waals surface area contributed by atoms with Gasteiger partial charge in [0, 0.05) is 25.2 Å². The van der Waals surface area contributed by atoms with Crippen LogP contribution in [0.3, 0.4) is 0 Å². The molecule has 1 N–H and O–H groups in total. The number of anilines is 1.